The Bertz CT molecular complexity index is 1660. The SMILES string of the molecule is COc1nc(-c2cccc(-c3cccc(-c4ccc(C5=NCCN5)c(OC)n4)c3C)c2C)ccc1CC[C@@H]1CCC[C@@H]1O. The quantitative estimate of drug-likeness (QED) is 0.235. The van der Waals surface area contributed by atoms with Crippen molar-refractivity contribution in [3.05, 3.63) is 82.9 Å². The largest absolute Gasteiger partial charge is 0.481 e. The summed E-state index contributed by atoms with van der Waals surface area (Å²) in [7, 11) is 3.34. The van der Waals surface area contributed by atoms with Crippen LogP contribution in [0.5, 0.6) is 11.8 Å². The lowest BCUT2D eigenvalue weighted by atomic mass is 9.89. The van der Waals surface area contributed by atoms with Crippen molar-refractivity contribution in [2.75, 3.05) is 27.3 Å². The summed E-state index contributed by atoms with van der Waals surface area (Å²) in [6, 6.07) is 21.1. The number of nitrogens with zero attached hydrogens (tertiary/aromatic N) is 3. The fourth-order valence-corrected chi connectivity index (χ4v) is 6.60. The van der Waals surface area contributed by atoms with Crippen molar-refractivity contribution in [1.29, 1.82) is 0 Å². The molecule has 0 spiro atoms. The number of aromatic nitrogens is 2. The first kappa shape index (κ1) is 28.9. The summed E-state index contributed by atoms with van der Waals surface area (Å²) in [6.07, 6.45) is 4.77. The highest BCUT2D eigenvalue weighted by molar-refractivity contribution is 6.02. The number of aliphatic imine (C=N–C) groups is 1. The molecule has 3 heterocycles. The van der Waals surface area contributed by atoms with Crippen molar-refractivity contribution in [1.82, 2.24) is 15.3 Å². The van der Waals surface area contributed by atoms with Crippen molar-refractivity contribution >= 4 is 5.84 Å². The molecule has 0 unspecified atom stereocenters. The van der Waals surface area contributed by atoms with Gasteiger partial charge in [0.2, 0.25) is 11.8 Å². The van der Waals surface area contributed by atoms with Gasteiger partial charge < -0.3 is 19.9 Å². The molecule has 0 amide bonds. The molecule has 7 heteroatoms. The van der Waals surface area contributed by atoms with Gasteiger partial charge in [0, 0.05) is 23.2 Å². The van der Waals surface area contributed by atoms with Gasteiger partial charge in [-0.25, -0.2) is 9.97 Å². The van der Waals surface area contributed by atoms with Crippen LogP contribution in [0.4, 0.5) is 0 Å². The lowest BCUT2D eigenvalue weighted by Gasteiger charge is -2.18. The molecule has 2 atom stereocenters. The second kappa shape index (κ2) is 12.6. The van der Waals surface area contributed by atoms with Crippen LogP contribution in [-0.4, -0.2) is 54.3 Å². The fraction of sp³-hybridized carbons (Fsp3) is 0.361. The molecular formula is C36H40N4O3. The molecule has 1 aliphatic heterocycles. The maximum atomic E-state index is 10.3. The number of hydrogen-bond acceptors (Lipinski definition) is 7. The van der Waals surface area contributed by atoms with Crippen molar-refractivity contribution in [2.45, 2.75) is 52.1 Å². The number of aliphatic hydroxyl groups excluding tert-OH is 1. The lowest BCUT2D eigenvalue weighted by Crippen LogP contribution is -2.20. The summed E-state index contributed by atoms with van der Waals surface area (Å²) in [4.78, 5) is 14.4. The first-order chi connectivity index (χ1) is 21.0. The fourth-order valence-electron chi connectivity index (χ4n) is 6.60. The number of ether oxygens (including phenoxy) is 2. The summed E-state index contributed by atoms with van der Waals surface area (Å²) >= 11 is 0. The molecule has 0 radical (unpaired) electrons. The number of methoxy groups -OCH3 is 2. The number of aryl methyl sites for hydroxylation is 1. The van der Waals surface area contributed by atoms with Gasteiger partial charge in [0.25, 0.3) is 0 Å². The molecule has 2 aliphatic rings. The molecule has 2 aromatic carbocycles. The van der Waals surface area contributed by atoms with E-state index >= 15 is 0 Å². The summed E-state index contributed by atoms with van der Waals surface area (Å²) in [5.74, 6) is 2.43. The number of amidine groups is 1. The molecule has 1 saturated carbocycles. The molecule has 2 N–H and O–H groups in total. The number of rotatable bonds is 9. The minimum absolute atomic E-state index is 0.174. The average molecular weight is 577 g/mol. The van der Waals surface area contributed by atoms with E-state index < -0.39 is 0 Å². The van der Waals surface area contributed by atoms with Gasteiger partial charge in [0.1, 0.15) is 5.84 Å². The number of nitrogens with one attached hydrogen (secondary N) is 1. The predicted octanol–water partition coefficient (Wildman–Crippen LogP) is 6.56. The Hall–Kier alpha value is -4.23. The Balaban J connectivity index is 1.31. The number of hydrogen-bond donors (Lipinski definition) is 2. The van der Waals surface area contributed by atoms with E-state index in [1.165, 1.54) is 0 Å². The van der Waals surface area contributed by atoms with E-state index in [9.17, 15) is 5.11 Å². The second-order valence-electron chi connectivity index (χ2n) is 11.5. The first-order valence-corrected chi connectivity index (χ1v) is 15.2. The van der Waals surface area contributed by atoms with Crippen LogP contribution in [-0.2, 0) is 6.42 Å². The third-order valence-electron chi connectivity index (χ3n) is 9.03. The zero-order valence-electron chi connectivity index (χ0n) is 25.5. The van der Waals surface area contributed by atoms with Crippen LogP contribution in [0.25, 0.3) is 33.6 Å². The standard InChI is InChI=1S/C36H40N4O3/c1-22-26(9-6-11-28(22)31-18-16-25(35(39-31)42-3)15-14-24-8-5-13-33(24)41)27-10-7-12-29(23(27)2)32-19-17-30(36(40-32)43-4)34-37-20-21-38-34/h6-7,9-12,16-19,24,33,41H,5,8,13-15,20-21H2,1-4H3,(H,37,38)/t24-,33-/m0/s1. The summed E-state index contributed by atoms with van der Waals surface area (Å²) < 4.78 is 11.4. The van der Waals surface area contributed by atoms with Crippen molar-refractivity contribution < 1.29 is 14.6 Å². The van der Waals surface area contributed by atoms with Gasteiger partial charge in [-0.15, -0.1) is 0 Å². The van der Waals surface area contributed by atoms with Gasteiger partial charge in [-0.1, -0.05) is 48.9 Å². The third kappa shape index (κ3) is 5.74. The minimum atomic E-state index is -0.174. The number of pyridine rings is 2. The highest BCUT2D eigenvalue weighted by Crippen LogP contribution is 2.38. The second-order valence-corrected chi connectivity index (χ2v) is 11.5. The van der Waals surface area contributed by atoms with Gasteiger partial charge in [-0.2, -0.15) is 0 Å². The molecule has 6 rings (SSSR count). The van der Waals surface area contributed by atoms with Gasteiger partial charge in [0.05, 0.1) is 43.8 Å². The van der Waals surface area contributed by atoms with Crippen LogP contribution >= 0.6 is 0 Å². The molecule has 1 fully saturated rings. The molecule has 1 aliphatic carbocycles. The lowest BCUT2D eigenvalue weighted by molar-refractivity contribution is 0.128. The molecule has 43 heavy (non-hydrogen) atoms. The van der Waals surface area contributed by atoms with Crippen molar-refractivity contribution in [2.24, 2.45) is 10.9 Å². The zero-order valence-corrected chi connectivity index (χ0v) is 25.5. The molecule has 4 aromatic rings. The highest BCUT2D eigenvalue weighted by Gasteiger charge is 2.25. The Kier molecular flexibility index (Phi) is 8.43. The summed E-state index contributed by atoms with van der Waals surface area (Å²) in [5, 5.41) is 13.6. The zero-order chi connectivity index (χ0) is 29.9. The van der Waals surface area contributed by atoms with Gasteiger partial charge >= 0.3 is 0 Å². The smallest absolute Gasteiger partial charge is 0.224 e. The van der Waals surface area contributed by atoms with E-state index in [1.807, 2.05) is 12.1 Å². The van der Waals surface area contributed by atoms with Crippen molar-refractivity contribution in [3.8, 4) is 45.4 Å². The number of aliphatic hydroxyl groups is 1. The Morgan fingerprint density at radius 2 is 1.40 bits per heavy atom. The van der Waals surface area contributed by atoms with Crippen LogP contribution in [0.2, 0.25) is 0 Å². The normalized spacial score (nSPS) is 17.9. The molecule has 2 aromatic heterocycles. The number of benzene rings is 2. The molecule has 222 valence electrons. The third-order valence-corrected chi connectivity index (χ3v) is 9.03. The molecule has 0 bridgehead atoms. The Morgan fingerprint density at radius 1 is 0.767 bits per heavy atom. The van der Waals surface area contributed by atoms with E-state index in [1.54, 1.807) is 14.2 Å². The van der Waals surface area contributed by atoms with Gasteiger partial charge in [-0.05, 0) is 85.9 Å². The van der Waals surface area contributed by atoms with E-state index in [4.69, 9.17) is 19.4 Å². The van der Waals surface area contributed by atoms with Crippen LogP contribution in [0.15, 0.2) is 65.7 Å². The molecule has 0 saturated heterocycles. The summed E-state index contributed by atoms with van der Waals surface area (Å²) in [6.45, 7) is 5.90. The van der Waals surface area contributed by atoms with E-state index in [0.717, 1.165) is 107 Å². The minimum Gasteiger partial charge on any atom is -0.481 e. The molecule has 7 nitrogen and oxygen atoms in total. The van der Waals surface area contributed by atoms with E-state index in [2.05, 4.69) is 72.7 Å². The topological polar surface area (TPSA) is 88.9 Å². The van der Waals surface area contributed by atoms with E-state index in [-0.39, 0.29) is 6.10 Å². The monoisotopic (exact) mass is 576 g/mol. The predicted molar refractivity (Wildman–Crippen MR) is 172 cm³/mol. The highest BCUT2D eigenvalue weighted by atomic mass is 16.5. The average Bonchev–Trinajstić information content (AvgIpc) is 3.72. The summed E-state index contributed by atoms with van der Waals surface area (Å²) in [5.41, 5.74) is 10.5. The van der Waals surface area contributed by atoms with Crippen LogP contribution < -0.4 is 14.8 Å². The van der Waals surface area contributed by atoms with Crippen molar-refractivity contribution in [3.63, 3.8) is 0 Å². The van der Waals surface area contributed by atoms with Crippen LogP contribution in [0, 0.1) is 19.8 Å². The Labute approximate surface area is 254 Å². The van der Waals surface area contributed by atoms with Gasteiger partial charge in [0.15, 0.2) is 0 Å². The van der Waals surface area contributed by atoms with Crippen LogP contribution in [0.3, 0.4) is 0 Å². The maximum absolute atomic E-state index is 10.3. The van der Waals surface area contributed by atoms with E-state index in [0.29, 0.717) is 17.7 Å². The first-order valence-electron chi connectivity index (χ1n) is 15.2. The molecular weight excluding hydrogens is 536 g/mol. The van der Waals surface area contributed by atoms with Crippen LogP contribution in [0.1, 0.15) is 47.9 Å². The van der Waals surface area contributed by atoms with Gasteiger partial charge in [-0.3, -0.25) is 4.99 Å². The Morgan fingerprint density at radius 3 is 1.98 bits per heavy atom. The maximum Gasteiger partial charge on any atom is 0.224 e.